The molecule has 0 radical (unpaired) electrons. The van der Waals surface area contributed by atoms with Crippen LogP contribution < -0.4 is 10.6 Å². The largest absolute Gasteiger partial charge is 0.378 e. The molecule has 2 aliphatic rings. The lowest BCUT2D eigenvalue weighted by Gasteiger charge is -2.36. The second kappa shape index (κ2) is 10.2. The van der Waals surface area contributed by atoms with E-state index in [1.807, 2.05) is 12.1 Å². The summed E-state index contributed by atoms with van der Waals surface area (Å²) in [6.07, 6.45) is 4.89. The molecule has 2 heterocycles. The average molecular weight is 462 g/mol. The van der Waals surface area contributed by atoms with Crippen LogP contribution in [-0.2, 0) is 4.74 Å². The number of nitrogens with zero attached hydrogens (tertiary/aromatic N) is 3. The minimum atomic E-state index is -0.198. The van der Waals surface area contributed by atoms with Gasteiger partial charge >= 0.3 is 0 Å². The number of guanidine groups is 1. The first-order chi connectivity index (χ1) is 11.7. The van der Waals surface area contributed by atoms with E-state index in [0.29, 0.717) is 12.1 Å². The third kappa shape index (κ3) is 5.99. The standard InChI is InChI=1S/C18H27FN4O.HI/c19-15-4-6-16(7-5-15)22-10-12-23(13-11-22)18(20)21-9-8-17-3-1-2-14-24-17;/h4-7,17H,1-3,8-14H2,(H2,20,21);1H. The molecular weight excluding hydrogens is 434 g/mol. The van der Waals surface area contributed by atoms with Crippen molar-refractivity contribution in [3.05, 3.63) is 30.1 Å². The highest BCUT2D eigenvalue weighted by Crippen LogP contribution is 2.17. The van der Waals surface area contributed by atoms with Gasteiger partial charge in [0.15, 0.2) is 5.96 Å². The van der Waals surface area contributed by atoms with Crippen molar-refractivity contribution in [2.24, 2.45) is 10.7 Å². The maximum absolute atomic E-state index is 13.0. The van der Waals surface area contributed by atoms with E-state index in [4.69, 9.17) is 10.5 Å². The van der Waals surface area contributed by atoms with Gasteiger partial charge in [0.1, 0.15) is 5.82 Å². The van der Waals surface area contributed by atoms with E-state index in [1.165, 1.54) is 25.0 Å². The Morgan fingerprint density at radius 3 is 2.52 bits per heavy atom. The third-order valence-electron chi connectivity index (χ3n) is 4.79. The fraction of sp³-hybridized carbons (Fsp3) is 0.611. The van der Waals surface area contributed by atoms with Crippen molar-refractivity contribution in [3.63, 3.8) is 0 Å². The Labute approximate surface area is 166 Å². The van der Waals surface area contributed by atoms with E-state index >= 15 is 0 Å². The van der Waals surface area contributed by atoms with Crippen molar-refractivity contribution in [1.29, 1.82) is 0 Å². The summed E-state index contributed by atoms with van der Waals surface area (Å²) in [5, 5.41) is 0. The molecule has 5 nitrogen and oxygen atoms in total. The van der Waals surface area contributed by atoms with Crippen LogP contribution >= 0.6 is 24.0 Å². The summed E-state index contributed by atoms with van der Waals surface area (Å²) in [5.74, 6) is 0.431. The zero-order valence-electron chi connectivity index (χ0n) is 14.6. The van der Waals surface area contributed by atoms with Crippen molar-refractivity contribution < 1.29 is 9.13 Å². The summed E-state index contributed by atoms with van der Waals surface area (Å²) in [6.45, 7) is 5.03. The Morgan fingerprint density at radius 1 is 1.16 bits per heavy atom. The van der Waals surface area contributed by atoms with Crippen molar-refractivity contribution in [2.45, 2.75) is 31.8 Å². The first-order valence-corrected chi connectivity index (χ1v) is 8.89. The van der Waals surface area contributed by atoms with Crippen LogP contribution in [0.3, 0.4) is 0 Å². The molecule has 0 aromatic heterocycles. The van der Waals surface area contributed by atoms with Gasteiger partial charge in [-0.1, -0.05) is 0 Å². The summed E-state index contributed by atoms with van der Waals surface area (Å²) in [7, 11) is 0. The number of hydrogen-bond donors (Lipinski definition) is 1. The fourth-order valence-electron chi connectivity index (χ4n) is 3.30. The summed E-state index contributed by atoms with van der Waals surface area (Å²) in [4.78, 5) is 8.90. The van der Waals surface area contributed by atoms with E-state index in [1.54, 1.807) is 0 Å². The summed E-state index contributed by atoms with van der Waals surface area (Å²) in [6, 6.07) is 6.66. The molecule has 140 valence electrons. The number of hydrogen-bond acceptors (Lipinski definition) is 3. The molecule has 0 saturated carbocycles. The van der Waals surface area contributed by atoms with Crippen LogP contribution in [0.25, 0.3) is 0 Å². The number of piperazine rings is 1. The van der Waals surface area contributed by atoms with Gasteiger partial charge in [-0.25, -0.2) is 4.39 Å². The lowest BCUT2D eigenvalue weighted by Crippen LogP contribution is -2.51. The van der Waals surface area contributed by atoms with Crippen molar-refractivity contribution in [3.8, 4) is 0 Å². The van der Waals surface area contributed by atoms with Crippen LogP contribution in [0.1, 0.15) is 25.7 Å². The molecule has 7 heteroatoms. The summed E-state index contributed by atoms with van der Waals surface area (Å²) in [5.41, 5.74) is 7.19. The number of aliphatic imine (C=N–C) groups is 1. The highest BCUT2D eigenvalue weighted by molar-refractivity contribution is 14.0. The Hall–Kier alpha value is -1.09. The van der Waals surface area contributed by atoms with Gasteiger partial charge in [0, 0.05) is 45.0 Å². The van der Waals surface area contributed by atoms with Crippen LogP contribution in [0.2, 0.25) is 0 Å². The zero-order valence-corrected chi connectivity index (χ0v) is 16.9. The number of ether oxygens (including phenoxy) is 1. The van der Waals surface area contributed by atoms with Gasteiger partial charge in [0.25, 0.3) is 0 Å². The first kappa shape index (κ1) is 20.2. The van der Waals surface area contributed by atoms with Crippen molar-refractivity contribution >= 4 is 35.6 Å². The van der Waals surface area contributed by atoms with Crippen LogP contribution in [0.15, 0.2) is 29.3 Å². The van der Waals surface area contributed by atoms with Gasteiger partial charge in [0.2, 0.25) is 0 Å². The average Bonchev–Trinajstić information content (AvgIpc) is 2.63. The van der Waals surface area contributed by atoms with Gasteiger partial charge in [-0.05, 0) is 49.9 Å². The monoisotopic (exact) mass is 462 g/mol. The number of rotatable bonds is 4. The van der Waals surface area contributed by atoms with E-state index in [0.717, 1.165) is 57.9 Å². The van der Waals surface area contributed by atoms with Gasteiger partial charge in [-0.15, -0.1) is 24.0 Å². The van der Waals surface area contributed by atoms with E-state index in [-0.39, 0.29) is 29.8 Å². The Kier molecular flexibility index (Phi) is 8.21. The Balaban J connectivity index is 0.00000225. The number of anilines is 1. The SMILES string of the molecule is I.NC(=NCCC1CCCCO1)N1CCN(c2ccc(F)cc2)CC1. The van der Waals surface area contributed by atoms with Gasteiger partial charge in [-0.3, -0.25) is 4.99 Å². The molecule has 3 rings (SSSR count). The molecular formula is C18H28FIN4O. The minimum absolute atomic E-state index is 0. The normalized spacial score (nSPS) is 21.8. The molecule has 1 atom stereocenters. The van der Waals surface area contributed by atoms with E-state index in [9.17, 15) is 4.39 Å². The molecule has 1 unspecified atom stereocenters. The predicted octanol–water partition coefficient (Wildman–Crippen LogP) is 2.84. The van der Waals surface area contributed by atoms with Crippen LogP contribution in [0.5, 0.6) is 0 Å². The lowest BCUT2D eigenvalue weighted by atomic mass is 10.1. The fourth-order valence-corrected chi connectivity index (χ4v) is 3.30. The summed E-state index contributed by atoms with van der Waals surface area (Å²) >= 11 is 0. The molecule has 2 aliphatic heterocycles. The Morgan fingerprint density at radius 2 is 1.88 bits per heavy atom. The van der Waals surface area contributed by atoms with Gasteiger partial charge in [-0.2, -0.15) is 0 Å². The number of nitrogens with two attached hydrogens (primary N) is 1. The second-order valence-corrected chi connectivity index (χ2v) is 6.47. The second-order valence-electron chi connectivity index (χ2n) is 6.47. The van der Waals surface area contributed by atoms with Gasteiger partial charge in [0.05, 0.1) is 6.10 Å². The Bertz CT molecular complexity index is 541. The molecule has 2 N–H and O–H groups in total. The maximum atomic E-state index is 13.0. The van der Waals surface area contributed by atoms with Crippen LogP contribution in [0.4, 0.5) is 10.1 Å². The molecule has 0 amide bonds. The van der Waals surface area contributed by atoms with E-state index < -0.39 is 0 Å². The van der Waals surface area contributed by atoms with Crippen LogP contribution in [-0.4, -0.2) is 56.3 Å². The highest BCUT2D eigenvalue weighted by atomic mass is 127. The first-order valence-electron chi connectivity index (χ1n) is 8.89. The number of benzene rings is 1. The minimum Gasteiger partial charge on any atom is -0.378 e. The summed E-state index contributed by atoms with van der Waals surface area (Å²) < 4.78 is 18.7. The zero-order chi connectivity index (χ0) is 16.8. The molecule has 0 spiro atoms. The van der Waals surface area contributed by atoms with Crippen molar-refractivity contribution in [2.75, 3.05) is 44.2 Å². The topological polar surface area (TPSA) is 54.1 Å². The van der Waals surface area contributed by atoms with Crippen LogP contribution in [0, 0.1) is 5.82 Å². The molecule has 1 aromatic carbocycles. The molecule has 1 aromatic rings. The maximum Gasteiger partial charge on any atom is 0.191 e. The molecule has 2 fully saturated rings. The molecule has 0 bridgehead atoms. The highest BCUT2D eigenvalue weighted by Gasteiger charge is 2.19. The predicted molar refractivity (Wildman–Crippen MR) is 110 cm³/mol. The molecule has 0 aliphatic carbocycles. The number of halogens is 2. The quantitative estimate of drug-likeness (QED) is 0.425. The third-order valence-corrected chi connectivity index (χ3v) is 4.79. The molecule has 25 heavy (non-hydrogen) atoms. The lowest BCUT2D eigenvalue weighted by molar-refractivity contribution is 0.0129. The smallest absolute Gasteiger partial charge is 0.191 e. The van der Waals surface area contributed by atoms with Crippen molar-refractivity contribution in [1.82, 2.24) is 4.90 Å². The molecule has 2 saturated heterocycles. The van der Waals surface area contributed by atoms with Gasteiger partial charge < -0.3 is 20.3 Å². The van der Waals surface area contributed by atoms with E-state index in [2.05, 4.69) is 14.8 Å².